The molecule has 0 unspecified atom stereocenters. The molecule has 0 aliphatic carbocycles. The zero-order valence-corrected chi connectivity index (χ0v) is 18.0. The van der Waals surface area contributed by atoms with Gasteiger partial charge in [0.05, 0.1) is 17.7 Å². The van der Waals surface area contributed by atoms with Crippen LogP contribution in [0.2, 0.25) is 0 Å². The van der Waals surface area contributed by atoms with Crippen molar-refractivity contribution in [2.75, 3.05) is 4.90 Å². The molecule has 1 heterocycles. The van der Waals surface area contributed by atoms with Gasteiger partial charge in [0.15, 0.2) is 0 Å². The fourth-order valence-corrected chi connectivity index (χ4v) is 3.59. The van der Waals surface area contributed by atoms with Crippen molar-refractivity contribution in [3.8, 4) is 0 Å². The number of carbonyl (C=O) groups is 2. The zero-order valence-electron chi connectivity index (χ0n) is 18.0. The highest BCUT2D eigenvalue weighted by Crippen LogP contribution is 2.29. The number of H-pyrrole nitrogens is 1. The normalized spacial score (nSPS) is 13.0. The SMILES string of the molecule is CC(C)CC(=O)N[C@@H](C)C(=O)N(c1cccc2ccccc12)[C@H]([C]=O)Cc1c[nH]cn1. The van der Waals surface area contributed by atoms with E-state index in [4.69, 9.17) is 0 Å². The molecule has 3 aromatic rings. The van der Waals surface area contributed by atoms with Gasteiger partial charge in [-0.1, -0.05) is 50.2 Å². The topological polar surface area (TPSA) is 95.2 Å². The van der Waals surface area contributed by atoms with Crippen molar-refractivity contribution in [3.63, 3.8) is 0 Å². The molecule has 2 N–H and O–H groups in total. The number of fused-ring (bicyclic) bond motifs is 1. The highest BCUT2D eigenvalue weighted by Gasteiger charge is 2.31. The number of carbonyl (C=O) groups excluding carboxylic acids is 3. The summed E-state index contributed by atoms with van der Waals surface area (Å²) in [6, 6.07) is 11.5. The number of rotatable bonds is 9. The standard InChI is InChI=1S/C24H27N4O3/c1-16(2)11-23(30)27-17(3)24(31)28(20(14-29)12-19-13-25-15-26-19)22-10-6-8-18-7-4-5-9-21(18)22/h4-10,13,15-17,20H,11-12H2,1-3H3,(H,25,26)(H,27,30)/t17-,20-/m0/s1. The molecule has 0 spiro atoms. The fraction of sp³-hybridized carbons (Fsp3) is 0.333. The predicted octanol–water partition coefficient (Wildman–Crippen LogP) is 3.17. The Bertz CT molecular complexity index is 1040. The van der Waals surface area contributed by atoms with E-state index in [0.29, 0.717) is 17.8 Å². The second kappa shape index (κ2) is 10.0. The number of nitrogens with zero attached hydrogens (tertiary/aromatic N) is 2. The zero-order chi connectivity index (χ0) is 22.4. The van der Waals surface area contributed by atoms with Crippen molar-refractivity contribution in [1.82, 2.24) is 15.3 Å². The van der Waals surface area contributed by atoms with E-state index in [1.165, 1.54) is 11.2 Å². The molecule has 3 rings (SSSR count). The van der Waals surface area contributed by atoms with E-state index in [0.717, 1.165) is 10.8 Å². The Hall–Kier alpha value is -3.48. The minimum absolute atomic E-state index is 0.173. The lowest BCUT2D eigenvalue weighted by atomic mass is 10.0. The Labute approximate surface area is 181 Å². The Kier molecular flexibility index (Phi) is 7.18. The van der Waals surface area contributed by atoms with E-state index in [1.807, 2.05) is 56.5 Å². The van der Waals surface area contributed by atoms with Gasteiger partial charge in [0.25, 0.3) is 0 Å². The maximum atomic E-state index is 13.5. The fourth-order valence-electron chi connectivity index (χ4n) is 3.59. The van der Waals surface area contributed by atoms with Crippen molar-refractivity contribution in [3.05, 3.63) is 60.7 Å². The summed E-state index contributed by atoms with van der Waals surface area (Å²) in [5, 5.41) is 4.54. The van der Waals surface area contributed by atoms with Gasteiger partial charge in [-0.25, -0.2) is 4.98 Å². The van der Waals surface area contributed by atoms with Gasteiger partial charge in [-0.3, -0.25) is 19.3 Å². The molecule has 2 aromatic carbocycles. The van der Waals surface area contributed by atoms with Crippen LogP contribution in [0.5, 0.6) is 0 Å². The molecule has 161 valence electrons. The number of nitrogens with one attached hydrogen (secondary N) is 2. The molecule has 0 aliphatic heterocycles. The van der Waals surface area contributed by atoms with Crippen LogP contribution in [-0.2, 0) is 20.8 Å². The average molecular weight is 420 g/mol. The van der Waals surface area contributed by atoms with E-state index in [-0.39, 0.29) is 24.2 Å². The molecule has 0 saturated heterocycles. The van der Waals surface area contributed by atoms with Crippen LogP contribution in [0, 0.1) is 5.92 Å². The molecule has 1 aromatic heterocycles. The van der Waals surface area contributed by atoms with Crippen molar-refractivity contribution in [2.45, 2.75) is 45.7 Å². The molecule has 2 atom stereocenters. The van der Waals surface area contributed by atoms with E-state index in [9.17, 15) is 14.4 Å². The number of anilines is 1. The van der Waals surface area contributed by atoms with E-state index < -0.39 is 12.1 Å². The van der Waals surface area contributed by atoms with Crippen molar-refractivity contribution in [1.29, 1.82) is 0 Å². The van der Waals surface area contributed by atoms with Crippen LogP contribution in [0.15, 0.2) is 55.0 Å². The van der Waals surface area contributed by atoms with E-state index in [1.54, 1.807) is 19.2 Å². The molecule has 0 bridgehead atoms. The third kappa shape index (κ3) is 5.36. The van der Waals surface area contributed by atoms with Crippen LogP contribution in [0.3, 0.4) is 0 Å². The van der Waals surface area contributed by atoms with Crippen molar-refractivity contribution >= 4 is 34.6 Å². The number of amides is 2. The Morgan fingerprint density at radius 2 is 1.87 bits per heavy atom. The van der Waals surface area contributed by atoms with Gasteiger partial charge >= 0.3 is 0 Å². The molecule has 0 aliphatic rings. The Morgan fingerprint density at radius 3 is 2.55 bits per heavy atom. The largest absolute Gasteiger partial charge is 0.351 e. The maximum absolute atomic E-state index is 13.5. The minimum atomic E-state index is -0.897. The molecule has 1 radical (unpaired) electrons. The summed E-state index contributed by atoms with van der Waals surface area (Å²) in [4.78, 5) is 46.3. The highest BCUT2D eigenvalue weighted by atomic mass is 16.2. The van der Waals surface area contributed by atoms with Gasteiger partial charge in [-0.05, 0) is 24.3 Å². The molecule has 31 heavy (non-hydrogen) atoms. The van der Waals surface area contributed by atoms with Gasteiger partial charge < -0.3 is 10.3 Å². The first-order valence-electron chi connectivity index (χ1n) is 10.4. The summed E-state index contributed by atoms with van der Waals surface area (Å²) in [5.74, 6) is -0.405. The van der Waals surface area contributed by atoms with Crippen molar-refractivity contribution in [2.24, 2.45) is 5.92 Å². The predicted molar refractivity (Wildman–Crippen MR) is 120 cm³/mol. The number of aromatic amines is 1. The second-order valence-corrected chi connectivity index (χ2v) is 7.99. The lowest BCUT2D eigenvalue weighted by molar-refractivity contribution is -0.127. The van der Waals surface area contributed by atoms with E-state index in [2.05, 4.69) is 15.3 Å². The van der Waals surface area contributed by atoms with Gasteiger partial charge in [0.1, 0.15) is 12.1 Å². The first-order chi connectivity index (χ1) is 14.9. The van der Waals surface area contributed by atoms with Crippen LogP contribution >= 0.6 is 0 Å². The number of imidazole rings is 1. The summed E-state index contributed by atoms with van der Waals surface area (Å²) < 4.78 is 0. The molecule has 2 amide bonds. The van der Waals surface area contributed by atoms with Crippen LogP contribution in [-0.4, -0.2) is 40.2 Å². The molecule has 7 nitrogen and oxygen atoms in total. The number of benzene rings is 2. The maximum Gasteiger partial charge on any atom is 0.249 e. The Morgan fingerprint density at radius 1 is 1.13 bits per heavy atom. The second-order valence-electron chi connectivity index (χ2n) is 7.99. The first-order valence-corrected chi connectivity index (χ1v) is 10.4. The Balaban J connectivity index is 2.00. The summed E-state index contributed by atoms with van der Waals surface area (Å²) in [6.07, 6.45) is 5.75. The molecule has 0 fully saturated rings. The first kappa shape index (κ1) is 22.2. The quantitative estimate of drug-likeness (QED) is 0.557. The van der Waals surface area contributed by atoms with Gasteiger partial charge in [-0.2, -0.15) is 0 Å². The lowest BCUT2D eigenvalue weighted by Crippen LogP contribution is -2.52. The van der Waals surface area contributed by atoms with E-state index >= 15 is 0 Å². The molecule has 0 saturated carbocycles. The lowest BCUT2D eigenvalue weighted by Gasteiger charge is -2.31. The molecular weight excluding hydrogens is 392 g/mol. The van der Waals surface area contributed by atoms with Gasteiger partial charge in [0.2, 0.25) is 18.1 Å². The van der Waals surface area contributed by atoms with Crippen LogP contribution in [0.25, 0.3) is 10.8 Å². The van der Waals surface area contributed by atoms with Crippen LogP contribution in [0.1, 0.15) is 32.9 Å². The minimum Gasteiger partial charge on any atom is -0.351 e. The molecule has 7 heteroatoms. The highest BCUT2D eigenvalue weighted by molar-refractivity contribution is 6.08. The van der Waals surface area contributed by atoms with Gasteiger partial charge in [-0.15, -0.1) is 0 Å². The van der Waals surface area contributed by atoms with Crippen LogP contribution in [0.4, 0.5) is 5.69 Å². The third-order valence-electron chi connectivity index (χ3n) is 5.01. The summed E-state index contributed by atoms with van der Waals surface area (Å²) in [6.45, 7) is 5.51. The monoisotopic (exact) mass is 419 g/mol. The van der Waals surface area contributed by atoms with Crippen molar-refractivity contribution < 1.29 is 14.4 Å². The van der Waals surface area contributed by atoms with Crippen LogP contribution < -0.4 is 10.2 Å². The van der Waals surface area contributed by atoms with Gasteiger partial charge in [0, 0.05) is 24.4 Å². The average Bonchev–Trinajstić information content (AvgIpc) is 3.25. The third-order valence-corrected chi connectivity index (χ3v) is 5.01. The smallest absolute Gasteiger partial charge is 0.249 e. The molecular formula is C24H27N4O3. The number of hydrogen-bond acceptors (Lipinski definition) is 4. The summed E-state index contributed by atoms with van der Waals surface area (Å²) in [5.41, 5.74) is 1.24. The number of hydrogen-bond donors (Lipinski definition) is 2. The summed E-state index contributed by atoms with van der Waals surface area (Å²) in [7, 11) is 0. The number of aromatic nitrogens is 2. The summed E-state index contributed by atoms with van der Waals surface area (Å²) >= 11 is 0.